The molecule has 0 aliphatic heterocycles. The summed E-state index contributed by atoms with van der Waals surface area (Å²) in [7, 11) is -3.78. The van der Waals surface area contributed by atoms with E-state index >= 15 is 0 Å². The Morgan fingerprint density at radius 2 is 1.74 bits per heavy atom. The fourth-order valence-corrected chi connectivity index (χ4v) is 4.60. The van der Waals surface area contributed by atoms with E-state index in [-0.39, 0.29) is 12.5 Å². The number of hydrogen-bond acceptors (Lipinski definition) is 4. The molecule has 0 saturated heterocycles. The topological polar surface area (TPSA) is 86.8 Å². The molecule has 2 amide bonds. The summed E-state index contributed by atoms with van der Waals surface area (Å²) >= 11 is 12.3. The number of sulfonamides is 1. The third kappa shape index (κ3) is 7.89. The molecule has 2 aromatic carbocycles. The van der Waals surface area contributed by atoms with E-state index in [0.29, 0.717) is 21.3 Å². The first-order chi connectivity index (χ1) is 15.6. The fourth-order valence-electron chi connectivity index (χ4n) is 3.29. The molecule has 2 aromatic rings. The normalized spacial score (nSPS) is 12.7. The van der Waals surface area contributed by atoms with E-state index in [4.69, 9.17) is 23.2 Å². The third-order valence-electron chi connectivity index (χ3n) is 4.99. The summed E-state index contributed by atoms with van der Waals surface area (Å²) in [6, 6.07) is 10.8. The number of nitrogens with one attached hydrogen (secondary N) is 1. The molecule has 2 rings (SSSR count). The average molecular weight is 529 g/mol. The smallest absolute Gasteiger partial charge is 0.244 e. The fraction of sp³-hybridized carbons (Fsp3) is 0.417. The third-order valence-corrected chi connectivity index (χ3v) is 6.72. The first-order valence-corrected chi connectivity index (χ1v) is 13.3. The van der Waals surface area contributed by atoms with E-state index in [0.717, 1.165) is 16.1 Å². The van der Waals surface area contributed by atoms with E-state index in [1.807, 2.05) is 33.8 Å². The second-order valence-corrected chi connectivity index (χ2v) is 12.0. The van der Waals surface area contributed by atoms with Gasteiger partial charge in [0.05, 0.1) is 11.9 Å². The lowest BCUT2D eigenvalue weighted by atomic mass is 10.1. The van der Waals surface area contributed by atoms with Crippen LogP contribution < -0.4 is 9.62 Å². The Kier molecular flexibility index (Phi) is 9.02. The van der Waals surface area contributed by atoms with Gasteiger partial charge >= 0.3 is 0 Å². The van der Waals surface area contributed by atoms with Crippen LogP contribution in [0.1, 0.15) is 38.8 Å². The van der Waals surface area contributed by atoms with Crippen molar-refractivity contribution in [3.8, 4) is 0 Å². The highest BCUT2D eigenvalue weighted by Crippen LogP contribution is 2.24. The zero-order chi connectivity index (χ0) is 25.8. The van der Waals surface area contributed by atoms with Gasteiger partial charge in [-0.15, -0.1) is 0 Å². The van der Waals surface area contributed by atoms with Crippen molar-refractivity contribution in [2.75, 3.05) is 17.1 Å². The number of amides is 2. The van der Waals surface area contributed by atoms with Gasteiger partial charge in [-0.25, -0.2) is 8.42 Å². The molecular weight excluding hydrogens is 497 g/mol. The average Bonchev–Trinajstić information content (AvgIpc) is 2.68. The molecule has 0 radical (unpaired) electrons. The van der Waals surface area contributed by atoms with Gasteiger partial charge in [0.1, 0.15) is 12.6 Å². The van der Waals surface area contributed by atoms with E-state index in [2.05, 4.69) is 5.32 Å². The minimum Gasteiger partial charge on any atom is -0.350 e. The summed E-state index contributed by atoms with van der Waals surface area (Å²) in [5.74, 6) is -0.915. The Labute approximate surface area is 212 Å². The van der Waals surface area contributed by atoms with Crippen LogP contribution >= 0.6 is 23.2 Å². The monoisotopic (exact) mass is 527 g/mol. The minimum atomic E-state index is -3.78. The number of carbonyl (C=O) groups excluding carboxylic acids is 2. The summed E-state index contributed by atoms with van der Waals surface area (Å²) < 4.78 is 26.2. The maximum absolute atomic E-state index is 13.5. The molecule has 0 aliphatic rings. The molecule has 0 heterocycles. The molecule has 0 spiro atoms. The highest BCUT2D eigenvalue weighted by atomic mass is 35.5. The summed E-state index contributed by atoms with van der Waals surface area (Å²) in [6.07, 6.45) is 1.04. The van der Waals surface area contributed by atoms with Gasteiger partial charge in [-0.1, -0.05) is 41.4 Å². The van der Waals surface area contributed by atoms with Crippen molar-refractivity contribution in [3.05, 3.63) is 63.6 Å². The summed E-state index contributed by atoms with van der Waals surface area (Å²) in [5, 5.41) is 3.65. The van der Waals surface area contributed by atoms with Gasteiger partial charge in [-0.3, -0.25) is 13.9 Å². The largest absolute Gasteiger partial charge is 0.350 e. The van der Waals surface area contributed by atoms with Crippen LogP contribution in [-0.2, 0) is 26.2 Å². The van der Waals surface area contributed by atoms with Crippen molar-refractivity contribution in [2.45, 2.75) is 52.7 Å². The lowest BCUT2D eigenvalue weighted by Crippen LogP contribution is -2.54. The highest BCUT2D eigenvalue weighted by Gasteiger charge is 2.31. The molecule has 34 heavy (non-hydrogen) atoms. The molecule has 1 atom stereocenters. The zero-order valence-corrected chi connectivity index (χ0v) is 22.6. The number of benzene rings is 2. The molecule has 0 unspecified atom stereocenters. The number of halogens is 2. The Bertz CT molecular complexity index is 1160. The van der Waals surface area contributed by atoms with Crippen LogP contribution in [0.3, 0.4) is 0 Å². The van der Waals surface area contributed by atoms with Gasteiger partial charge in [0, 0.05) is 22.1 Å². The maximum atomic E-state index is 13.5. The Morgan fingerprint density at radius 1 is 1.09 bits per heavy atom. The zero-order valence-electron chi connectivity index (χ0n) is 20.2. The quantitative estimate of drug-likeness (QED) is 0.551. The standard InChI is InChI=1S/C24H31Cl2N3O4S/c1-16-8-7-9-20(12-16)29(34(6,32)33)15-22(30)28(17(2)23(31)27-24(3,4)5)14-18-10-11-19(25)13-21(18)26/h7-13,17H,14-15H2,1-6H3,(H,27,31)/t17-/m0/s1. The van der Waals surface area contributed by atoms with Crippen LogP contribution in [-0.4, -0.2) is 49.5 Å². The summed E-state index contributed by atoms with van der Waals surface area (Å²) in [4.78, 5) is 27.8. The van der Waals surface area contributed by atoms with Crippen LogP contribution in [0.25, 0.3) is 0 Å². The Balaban J connectivity index is 2.44. The van der Waals surface area contributed by atoms with Crippen molar-refractivity contribution in [1.29, 1.82) is 0 Å². The first-order valence-electron chi connectivity index (χ1n) is 10.7. The molecule has 0 aliphatic carbocycles. The second-order valence-electron chi connectivity index (χ2n) is 9.28. The van der Waals surface area contributed by atoms with E-state index < -0.39 is 34.1 Å². The molecule has 0 aromatic heterocycles. The first kappa shape index (κ1) is 28.0. The van der Waals surface area contributed by atoms with Crippen LogP contribution in [0.15, 0.2) is 42.5 Å². The number of rotatable bonds is 8. The van der Waals surface area contributed by atoms with Crippen molar-refractivity contribution >= 4 is 50.7 Å². The number of hydrogen-bond donors (Lipinski definition) is 1. The maximum Gasteiger partial charge on any atom is 0.244 e. The van der Waals surface area contributed by atoms with E-state index in [1.165, 1.54) is 4.90 Å². The predicted octanol–water partition coefficient (Wildman–Crippen LogP) is 4.40. The SMILES string of the molecule is Cc1cccc(N(CC(=O)N(Cc2ccc(Cl)cc2Cl)[C@@H](C)C(=O)NC(C)(C)C)S(C)(=O)=O)c1. The molecule has 0 fully saturated rings. The summed E-state index contributed by atoms with van der Waals surface area (Å²) in [6.45, 7) is 8.47. The molecule has 10 heteroatoms. The van der Waals surface area contributed by atoms with Crippen LogP contribution in [0.5, 0.6) is 0 Å². The second kappa shape index (κ2) is 11.0. The van der Waals surface area contributed by atoms with Crippen molar-refractivity contribution in [2.24, 2.45) is 0 Å². The van der Waals surface area contributed by atoms with Crippen LogP contribution in [0.4, 0.5) is 5.69 Å². The number of carbonyl (C=O) groups is 2. The van der Waals surface area contributed by atoms with Crippen molar-refractivity contribution in [3.63, 3.8) is 0 Å². The van der Waals surface area contributed by atoms with Crippen molar-refractivity contribution < 1.29 is 18.0 Å². The number of anilines is 1. The van der Waals surface area contributed by atoms with Gasteiger partial charge in [0.2, 0.25) is 21.8 Å². The molecule has 7 nitrogen and oxygen atoms in total. The van der Waals surface area contributed by atoms with Crippen LogP contribution in [0, 0.1) is 6.92 Å². The van der Waals surface area contributed by atoms with E-state index in [1.54, 1.807) is 43.3 Å². The van der Waals surface area contributed by atoms with Gasteiger partial charge in [-0.05, 0) is 70.0 Å². The molecule has 1 N–H and O–H groups in total. The van der Waals surface area contributed by atoms with E-state index in [9.17, 15) is 18.0 Å². The van der Waals surface area contributed by atoms with Gasteiger partial charge in [0.15, 0.2) is 0 Å². The van der Waals surface area contributed by atoms with Gasteiger partial charge in [0.25, 0.3) is 0 Å². The number of aryl methyl sites for hydroxylation is 1. The number of nitrogens with zero attached hydrogens (tertiary/aromatic N) is 2. The van der Waals surface area contributed by atoms with Gasteiger partial charge < -0.3 is 10.2 Å². The Hall–Kier alpha value is -2.29. The molecule has 0 saturated carbocycles. The predicted molar refractivity (Wildman–Crippen MR) is 138 cm³/mol. The lowest BCUT2D eigenvalue weighted by Gasteiger charge is -2.33. The molecule has 186 valence electrons. The Morgan fingerprint density at radius 3 is 2.26 bits per heavy atom. The molecular formula is C24H31Cl2N3O4S. The van der Waals surface area contributed by atoms with Gasteiger partial charge in [-0.2, -0.15) is 0 Å². The van der Waals surface area contributed by atoms with Crippen molar-refractivity contribution in [1.82, 2.24) is 10.2 Å². The summed E-state index contributed by atoms with van der Waals surface area (Å²) in [5.41, 5.74) is 1.28. The minimum absolute atomic E-state index is 0.00101. The van der Waals surface area contributed by atoms with Crippen LogP contribution in [0.2, 0.25) is 10.0 Å². The lowest BCUT2D eigenvalue weighted by molar-refractivity contribution is -0.140. The highest BCUT2D eigenvalue weighted by molar-refractivity contribution is 7.92. The molecule has 0 bridgehead atoms.